The predicted molar refractivity (Wildman–Crippen MR) is 136 cm³/mol. The molecule has 224 valence electrons. The molecule has 9 nitrogen and oxygen atoms in total. The first kappa shape index (κ1) is 30.5. The highest BCUT2D eigenvalue weighted by Crippen LogP contribution is 2.30. The molecule has 3 aromatic rings. The van der Waals surface area contributed by atoms with Gasteiger partial charge >= 0.3 is 24.5 Å². The van der Waals surface area contributed by atoms with E-state index in [0.717, 1.165) is 12.1 Å². The van der Waals surface area contributed by atoms with Gasteiger partial charge in [-0.15, -0.1) is 0 Å². The number of rotatable bonds is 7. The zero-order chi connectivity index (χ0) is 30.5. The number of amides is 2. The third-order valence-corrected chi connectivity index (χ3v) is 6.10. The van der Waals surface area contributed by atoms with Crippen molar-refractivity contribution < 1.29 is 45.4 Å². The number of halogens is 6. The predicted octanol–water partition coefficient (Wildman–Crippen LogP) is 5.00. The van der Waals surface area contributed by atoms with E-state index in [2.05, 4.69) is 15.0 Å². The average Bonchev–Trinajstić information content (AvgIpc) is 2.95. The molecule has 0 aliphatic carbocycles. The highest BCUT2D eigenvalue weighted by Gasteiger charge is 2.31. The summed E-state index contributed by atoms with van der Waals surface area (Å²) in [6.45, 7) is 1.28. The van der Waals surface area contributed by atoms with Crippen molar-refractivity contribution >= 4 is 12.0 Å². The smallest absolute Gasteiger partial charge is 0.422 e. The van der Waals surface area contributed by atoms with E-state index in [1.165, 1.54) is 41.3 Å². The highest BCUT2D eigenvalue weighted by molar-refractivity contribution is 5.95. The lowest BCUT2D eigenvalue weighted by atomic mass is 10.1. The quantitative estimate of drug-likeness (QED) is 0.354. The van der Waals surface area contributed by atoms with Crippen molar-refractivity contribution in [3.63, 3.8) is 0 Å². The van der Waals surface area contributed by atoms with E-state index < -0.39 is 36.6 Å². The fourth-order valence-corrected chi connectivity index (χ4v) is 4.14. The van der Waals surface area contributed by atoms with Gasteiger partial charge in [0.2, 0.25) is 0 Å². The number of benzene rings is 2. The lowest BCUT2D eigenvalue weighted by Gasteiger charge is -2.34. The van der Waals surface area contributed by atoms with Gasteiger partial charge in [-0.05, 0) is 30.7 Å². The van der Waals surface area contributed by atoms with Crippen LogP contribution in [0, 0.1) is 0 Å². The molecule has 1 fully saturated rings. The molecule has 0 atom stereocenters. The lowest BCUT2D eigenvalue weighted by molar-refractivity contribution is -0.154. The van der Waals surface area contributed by atoms with Gasteiger partial charge in [0.1, 0.15) is 5.82 Å². The second-order valence-electron chi connectivity index (χ2n) is 9.20. The maximum Gasteiger partial charge on any atom is 0.422 e. The molecule has 0 bridgehead atoms. The normalized spacial score (nSPS) is 14.1. The first-order valence-corrected chi connectivity index (χ1v) is 12.7. The number of piperazine rings is 1. The Morgan fingerprint density at radius 1 is 0.881 bits per heavy atom. The summed E-state index contributed by atoms with van der Waals surface area (Å²) in [5.41, 5.74) is -0.267. The summed E-state index contributed by atoms with van der Waals surface area (Å²) in [5.74, 6) is -0.624. The van der Waals surface area contributed by atoms with E-state index >= 15 is 0 Å². The molecule has 1 aliphatic heterocycles. The van der Waals surface area contributed by atoms with Crippen molar-refractivity contribution in [1.29, 1.82) is 0 Å². The highest BCUT2D eigenvalue weighted by atomic mass is 19.4. The Balaban J connectivity index is 1.59. The first-order chi connectivity index (χ1) is 19.8. The van der Waals surface area contributed by atoms with Gasteiger partial charge in [0.25, 0.3) is 5.91 Å². The molecule has 15 heteroatoms. The summed E-state index contributed by atoms with van der Waals surface area (Å²) in [6.07, 6.45) is -10.0. The molecule has 4 rings (SSSR count). The van der Waals surface area contributed by atoms with Gasteiger partial charge in [-0.25, -0.2) is 9.78 Å². The topological polar surface area (TPSA) is 97.8 Å². The van der Waals surface area contributed by atoms with Crippen molar-refractivity contribution in [3.8, 4) is 17.4 Å². The van der Waals surface area contributed by atoms with Crippen molar-refractivity contribution in [3.05, 3.63) is 71.0 Å². The molecule has 1 aromatic heterocycles. The molecule has 0 radical (unpaired) electrons. The number of hydrogen-bond acceptors (Lipinski definition) is 7. The Hall–Kier alpha value is -4.43. The molecule has 2 amide bonds. The Labute approximate surface area is 236 Å². The number of hydrogen-bond donors (Lipinski definition) is 0. The van der Waals surface area contributed by atoms with Gasteiger partial charge in [0.05, 0.1) is 12.2 Å². The molecule has 0 spiro atoms. The lowest BCUT2D eigenvalue weighted by Crippen LogP contribution is -2.50. The summed E-state index contributed by atoms with van der Waals surface area (Å²) in [5, 5.41) is 0. The van der Waals surface area contributed by atoms with Crippen molar-refractivity contribution in [2.75, 3.05) is 39.4 Å². The van der Waals surface area contributed by atoms with Crippen LogP contribution in [0.5, 0.6) is 6.01 Å². The Bertz CT molecular complexity index is 1420. The minimum Gasteiger partial charge on any atom is -0.454 e. The molecule has 0 N–H and O–H groups in total. The van der Waals surface area contributed by atoms with E-state index in [4.69, 9.17) is 9.47 Å². The monoisotopic (exact) mass is 597 g/mol. The molecule has 42 heavy (non-hydrogen) atoms. The summed E-state index contributed by atoms with van der Waals surface area (Å²) in [6, 6.07) is 9.73. The molecule has 0 saturated carbocycles. The zero-order valence-corrected chi connectivity index (χ0v) is 22.2. The minimum atomic E-state index is -4.70. The summed E-state index contributed by atoms with van der Waals surface area (Å²) >= 11 is 0. The SMILES string of the molecule is CCOC(=O)N1CCN(C(=O)c2cccc(-c3nc(Cc4cccc(C(F)(F)F)c4)nc(OCC(F)(F)F)n3)c2)CC1. The minimum absolute atomic E-state index is 0.133. The third-order valence-electron chi connectivity index (χ3n) is 6.10. The van der Waals surface area contributed by atoms with Crippen molar-refractivity contribution in [1.82, 2.24) is 24.8 Å². The Morgan fingerprint density at radius 3 is 2.24 bits per heavy atom. The largest absolute Gasteiger partial charge is 0.454 e. The maximum atomic E-state index is 13.2. The van der Waals surface area contributed by atoms with Crippen LogP contribution in [0.2, 0.25) is 0 Å². The fourth-order valence-electron chi connectivity index (χ4n) is 4.14. The van der Waals surface area contributed by atoms with Gasteiger partial charge in [-0.3, -0.25) is 4.79 Å². The van der Waals surface area contributed by atoms with Gasteiger partial charge in [-0.2, -0.15) is 36.3 Å². The average molecular weight is 598 g/mol. The van der Waals surface area contributed by atoms with Crippen LogP contribution < -0.4 is 4.74 Å². The third kappa shape index (κ3) is 8.07. The molecule has 1 aliphatic rings. The molecule has 1 saturated heterocycles. The van der Waals surface area contributed by atoms with E-state index in [1.807, 2.05) is 0 Å². The van der Waals surface area contributed by atoms with Crippen molar-refractivity contribution in [2.24, 2.45) is 0 Å². The van der Waals surface area contributed by atoms with Gasteiger partial charge in [0.15, 0.2) is 12.4 Å². The number of ether oxygens (including phenoxy) is 2. The number of aromatic nitrogens is 3. The Kier molecular flexibility index (Phi) is 9.17. The van der Waals surface area contributed by atoms with Crippen LogP contribution in [0.3, 0.4) is 0 Å². The van der Waals surface area contributed by atoms with Gasteiger partial charge in [-0.1, -0.05) is 30.3 Å². The van der Waals surface area contributed by atoms with E-state index in [0.29, 0.717) is 0 Å². The molecule has 0 unspecified atom stereocenters. The molecular formula is C27H25F6N5O4. The second kappa shape index (κ2) is 12.6. The first-order valence-electron chi connectivity index (χ1n) is 12.7. The van der Waals surface area contributed by atoms with E-state index in [9.17, 15) is 35.9 Å². The van der Waals surface area contributed by atoms with Crippen LogP contribution in [0.15, 0.2) is 48.5 Å². The number of alkyl halides is 6. The summed E-state index contributed by atoms with van der Waals surface area (Å²) in [7, 11) is 0. The molecule has 2 heterocycles. The molecule has 2 aromatic carbocycles. The van der Waals surface area contributed by atoms with Gasteiger partial charge in [0, 0.05) is 43.7 Å². The Morgan fingerprint density at radius 2 is 1.57 bits per heavy atom. The zero-order valence-electron chi connectivity index (χ0n) is 22.2. The number of carbonyl (C=O) groups excluding carboxylic acids is 2. The summed E-state index contributed by atoms with van der Waals surface area (Å²) in [4.78, 5) is 40.2. The second-order valence-corrected chi connectivity index (χ2v) is 9.20. The van der Waals surface area contributed by atoms with Gasteiger partial charge < -0.3 is 19.3 Å². The van der Waals surface area contributed by atoms with Crippen LogP contribution in [0.4, 0.5) is 31.1 Å². The fraction of sp³-hybridized carbons (Fsp3) is 0.370. The van der Waals surface area contributed by atoms with E-state index in [-0.39, 0.29) is 73.5 Å². The maximum absolute atomic E-state index is 13.2. The number of carbonyl (C=O) groups is 2. The van der Waals surface area contributed by atoms with Crippen LogP contribution in [-0.4, -0.2) is 82.3 Å². The van der Waals surface area contributed by atoms with Crippen LogP contribution in [-0.2, 0) is 17.3 Å². The molecular weight excluding hydrogens is 572 g/mol. The van der Waals surface area contributed by atoms with E-state index in [1.54, 1.807) is 11.8 Å². The number of nitrogens with zero attached hydrogens (tertiary/aromatic N) is 5. The van der Waals surface area contributed by atoms with Crippen LogP contribution in [0.25, 0.3) is 11.4 Å². The van der Waals surface area contributed by atoms with Crippen LogP contribution in [0.1, 0.15) is 34.2 Å². The van der Waals surface area contributed by atoms with Crippen molar-refractivity contribution in [2.45, 2.75) is 25.7 Å². The standard InChI is InChI=1S/C27H25F6N5O4/c1-2-41-25(40)38-11-9-37(10-12-38)23(39)19-7-4-6-18(15-19)22-34-21(35-24(36-22)42-16-26(28,29)30)14-17-5-3-8-20(13-17)27(31,32)33/h3-8,13,15H,2,9-12,14,16H2,1H3. The van der Waals surface area contributed by atoms with Crippen LogP contribution >= 0.6 is 0 Å². The summed E-state index contributed by atoms with van der Waals surface area (Å²) < 4.78 is 87.7.